The molecule has 0 spiro atoms. The second-order valence-electron chi connectivity index (χ2n) is 9.44. The molecule has 4 saturated heterocycles. The van der Waals surface area contributed by atoms with Gasteiger partial charge >= 0.3 is 0 Å². The molecule has 1 N–H and O–H groups in total. The number of hydrogen-bond donors (Lipinski definition) is 1. The van der Waals surface area contributed by atoms with Gasteiger partial charge in [0.15, 0.2) is 0 Å². The molecule has 4 atom stereocenters. The first kappa shape index (κ1) is 29.3. The molecule has 8 nitrogen and oxygen atoms in total. The van der Waals surface area contributed by atoms with Crippen LogP contribution in [0.3, 0.4) is 0 Å². The van der Waals surface area contributed by atoms with E-state index >= 15 is 0 Å². The Bertz CT molecular complexity index is 984. The zero-order chi connectivity index (χ0) is 24.8. The van der Waals surface area contributed by atoms with E-state index in [1.54, 1.807) is 24.8 Å². The molecule has 6 heterocycles. The number of nitrogens with one attached hydrogen (secondary N) is 1. The topological polar surface area (TPSA) is 101 Å². The Kier molecular flexibility index (Phi) is 11.5. The number of ketones is 2. The Hall–Kier alpha value is -1.23. The van der Waals surface area contributed by atoms with E-state index in [0.29, 0.717) is 53.9 Å². The standard InChI is InChI=1S/C12H14ClN3O.C7H11NO.C5H4BrClN2.ClH/c13-12-14-5-8(6-15-12)7-16-9-1-2-10(16)4-11(17)3-9;9-7-3-5-1-2-6(4-7)8-5;6-1-4-2-8-5(7)9-3-4;/h5-6,9-10H,1-4,7H2;5-6,8H,1-4H2;2-3H,1H2;1H. The summed E-state index contributed by atoms with van der Waals surface area (Å²) in [5.41, 5.74) is 2.10. The summed E-state index contributed by atoms with van der Waals surface area (Å²) in [5.74, 6) is 0.877. The van der Waals surface area contributed by atoms with Crippen molar-refractivity contribution < 1.29 is 9.59 Å². The summed E-state index contributed by atoms with van der Waals surface area (Å²) in [4.78, 5) is 40.3. The van der Waals surface area contributed by atoms with Gasteiger partial charge in [-0.25, -0.2) is 19.9 Å². The van der Waals surface area contributed by atoms with Gasteiger partial charge in [-0.15, -0.1) is 12.4 Å². The Labute approximate surface area is 235 Å². The third-order valence-electron chi connectivity index (χ3n) is 6.85. The van der Waals surface area contributed by atoms with Gasteiger partial charge in [0, 0.05) is 92.1 Å². The zero-order valence-electron chi connectivity index (χ0n) is 19.8. The first-order valence-electron chi connectivity index (χ1n) is 11.9. The Morgan fingerprint density at radius 1 is 0.778 bits per heavy atom. The molecule has 0 aliphatic carbocycles. The summed E-state index contributed by atoms with van der Waals surface area (Å²) >= 11 is 14.4. The molecule has 0 radical (unpaired) electrons. The monoisotopic (exact) mass is 618 g/mol. The van der Waals surface area contributed by atoms with Crippen molar-refractivity contribution in [2.45, 2.75) is 87.4 Å². The number of Topliss-reactive ketones (excluding diaryl/α,β-unsaturated/α-hetero) is 2. The molecule has 4 bridgehead atoms. The van der Waals surface area contributed by atoms with Crippen molar-refractivity contribution in [3.8, 4) is 0 Å². The fourth-order valence-corrected chi connectivity index (χ4v) is 5.70. The fraction of sp³-hybridized carbons (Fsp3) is 0.583. The lowest BCUT2D eigenvalue weighted by Gasteiger charge is -2.33. The van der Waals surface area contributed by atoms with Crippen LogP contribution in [-0.4, -0.2) is 60.6 Å². The van der Waals surface area contributed by atoms with Gasteiger partial charge in [-0.2, -0.15) is 0 Å². The maximum atomic E-state index is 11.5. The fourth-order valence-electron chi connectivity index (χ4n) is 5.22. The van der Waals surface area contributed by atoms with Crippen LogP contribution in [0.1, 0.15) is 62.5 Å². The van der Waals surface area contributed by atoms with Gasteiger partial charge in [-0.1, -0.05) is 15.9 Å². The number of fused-ring (bicyclic) bond motifs is 4. The molecule has 0 amide bonds. The first-order chi connectivity index (χ1) is 16.9. The van der Waals surface area contributed by atoms with Crippen LogP contribution in [0, 0.1) is 0 Å². The maximum absolute atomic E-state index is 11.5. The molecule has 4 aliphatic rings. The highest BCUT2D eigenvalue weighted by Gasteiger charge is 2.39. The van der Waals surface area contributed by atoms with E-state index in [-0.39, 0.29) is 17.7 Å². The van der Waals surface area contributed by atoms with Gasteiger partial charge in [0.2, 0.25) is 10.6 Å². The van der Waals surface area contributed by atoms with E-state index in [0.717, 1.165) is 48.7 Å². The summed E-state index contributed by atoms with van der Waals surface area (Å²) in [7, 11) is 0. The number of alkyl halides is 1. The Morgan fingerprint density at radius 2 is 1.22 bits per heavy atom. The van der Waals surface area contributed by atoms with Crippen molar-refractivity contribution in [3.05, 3.63) is 46.5 Å². The quantitative estimate of drug-likeness (QED) is 0.388. The Morgan fingerprint density at radius 3 is 1.69 bits per heavy atom. The average Bonchev–Trinajstić information content (AvgIpc) is 3.30. The van der Waals surface area contributed by atoms with Crippen molar-refractivity contribution >= 4 is 63.1 Å². The molecule has 4 unspecified atom stereocenters. The molecule has 0 aromatic carbocycles. The molecule has 2 aromatic rings. The minimum absolute atomic E-state index is 0. The summed E-state index contributed by atoms with van der Waals surface area (Å²) in [6.07, 6.45) is 14.6. The second kappa shape index (κ2) is 14.1. The summed E-state index contributed by atoms with van der Waals surface area (Å²) < 4.78 is 0. The number of nitrogens with zero attached hydrogens (tertiary/aromatic N) is 5. The maximum Gasteiger partial charge on any atom is 0.222 e. The lowest BCUT2D eigenvalue weighted by molar-refractivity contribution is -0.124. The molecule has 2 aromatic heterocycles. The van der Waals surface area contributed by atoms with Crippen LogP contribution in [0.15, 0.2) is 24.8 Å². The molecule has 12 heteroatoms. The predicted octanol–water partition coefficient (Wildman–Crippen LogP) is 4.74. The predicted molar refractivity (Wildman–Crippen MR) is 145 cm³/mol. The smallest absolute Gasteiger partial charge is 0.222 e. The Balaban J connectivity index is 0.000000162. The van der Waals surface area contributed by atoms with Crippen molar-refractivity contribution in [3.63, 3.8) is 0 Å². The molecule has 196 valence electrons. The minimum Gasteiger partial charge on any atom is -0.310 e. The highest BCUT2D eigenvalue weighted by atomic mass is 79.9. The lowest BCUT2D eigenvalue weighted by Crippen LogP contribution is -2.42. The number of halogens is 4. The van der Waals surface area contributed by atoms with Gasteiger partial charge in [-0.05, 0) is 54.4 Å². The number of carbonyl (C=O) groups excluding carboxylic acids is 2. The summed E-state index contributed by atoms with van der Waals surface area (Å²) in [6.45, 7) is 0.833. The van der Waals surface area contributed by atoms with Crippen molar-refractivity contribution in [1.29, 1.82) is 0 Å². The average molecular weight is 621 g/mol. The van der Waals surface area contributed by atoms with Crippen LogP contribution >= 0.6 is 51.5 Å². The molecule has 6 rings (SSSR count). The molecular weight excluding hydrogens is 591 g/mol. The van der Waals surface area contributed by atoms with E-state index in [4.69, 9.17) is 23.2 Å². The van der Waals surface area contributed by atoms with Crippen molar-refractivity contribution in [1.82, 2.24) is 30.2 Å². The number of carbonyl (C=O) groups is 2. The van der Waals surface area contributed by atoms with Gasteiger partial charge in [0.1, 0.15) is 11.6 Å². The van der Waals surface area contributed by atoms with E-state index in [1.807, 2.05) is 0 Å². The van der Waals surface area contributed by atoms with Crippen LogP contribution in [0.2, 0.25) is 10.6 Å². The lowest BCUT2D eigenvalue weighted by atomic mass is 10.0. The summed E-state index contributed by atoms with van der Waals surface area (Å²) in [6, 6.07) is 1.93. The highest BCUT2D eigenvalue weighted by molar-refractivity contribution is 9.08. The van der Waals surface area contributed by atoms with E-state index in [9.17, 15) is 9.59 Å². The normalized spacial score (nSPS) is 26.3. The van der Waals surface area contributed by atoms with Crippen molar-refractivity contribution in [2.24, 2.45) is 0 Å². The highest BCUT2D eigenvalue weighted by Crippen LogP contribution is 2.34. The zero-order valence-corrected chi connectivity index (χ0v) is 23.7. The summed E-state index contributed by atoms with van der Waals surface area (Å²) in [5, 5.41) is 4.74. The van der Waals surface area contributed by atoms with Crippen LogP contribution in [-0.2, 0) is 21.5 Å². The van der Waals surface area contributed by atoms with Gasteiger partial charge in [0.05, 0.1) is 0 Å². The van der Waals surface area contributed by atoms with Crippen LogP contribution in [0.25, 0.3) is 0 Å². The number of hydrogen-bond acceptors (Lipinski definition) is 8. The van der Waals surface area contributed by atoms with E-state index < -0.39 is 0 Å². The van der Waals surface area contributed by atoms with Gasteiger partial charge in [0.25, 0.3) is 0 Å². The van der Waals surface area contributed by atoms with Crippen molar-refractivity contribution in [2.75, 3.05) is 0 Å². The SMILES string of the molecule is Cl.Clc1ncc(CBr)cn1.O=C1CC2CCC(C1)N2.O=C1CC2CCC(C1)N2Cc1cnc(Cl)nc1. The molecular formula is C24H30BrCl3N6O2. The molecule has 4 aliphatic heterocycles. The third kappa shape index (κ3) is 8.39. The molecule has 36 heavy (non-hydrogen) atoms. The van der Waals surface area contributed by atoms with Gasteiger partial charge < -0.3 is 5.32 Å². The van der Waals surface area contributed by atoms with Gasteiger partial charge in [-0.3, -0.25) is 14.5 Å². The van der Waals surface area contributed by atoms with Crippen LogP contribution in [0.5, 0.6) is 0 Å². The number of aromatic nitrogens is 4. The van der Waals surface area contributed by atoms with E-state index in [2.05, 4.69) is 46.1 Å². The van der Waals surface area contributed by atoms with E-state index in [1.165, 1.54) is 12.8 Å². The number of piperidine rings is 2. The van der Waals surface area contributed by atoms with Crippen LogP contribution in [0.4, 0.5) is 0 Å². The second-order valence-corrected chi connectivity index (χ2v) is 10.7. The third-order valence-corrected chi connectivity index (χ3v) is 7.89. The molecule has 4 fully saturated rings. The first-order valence-corrected chi connectivity index (χ1v) is 13.8. The molecule has 0 saturated carbocycles. The minimum atomic E-state index is 0. The van der Waals surface area contributed by atoms with Crippen LogP contribution < -0.4 is 5.32 Å². The number of rotatable bonds is 3. The largest absolute Gasteiger partial charge is 0.310 e.